The van der Waals surface area contributed by atoms with Gasteiger partial charge < -0.3 is 15.1 Å². The molecule has 0 amide bonds. The molecule has 6 nitrogen and oxygen atoms in total. The van der Waals surface area contributed by atoms with Gasteiger partial charge in [-0.15, -0.1) is 0 Å². The molecule has 2 N–H and O–H groups in total. The monoisotopic (exact) mass is 264 g/mol. The lowest BCUT2D eigenvalue weighted by atomic mass is 9.83. The minimum atomic E-state index is -1.18. The van der Waals surface area contributed by atoms with Gasteiger partial charge in [0.05, 0.1) is 6.04 Å². The average molecular weight is 264 g/mol. The highest BCUT2D eigenvalue weighted by Crippen LogP contribution is 2.35. The van der Waals surface area contributed by atoms with E-state index in [4.69, 9.17) is 0 Å². The Morgan fingerprint density at radius 1 is 1.26 bits per heavy atom. The molecule has 0 aliphatic carbocycles. The summed E-state index contributed by atoms with van der Waals surface area (Å²) in [7, 11) is 0. The van der Waals surface area contributed by atoms with E-state index in [1.54, 1.807) is 0 Å². The molecule has 3 aliphatic heterocycles. The van der Waals surface area contributed by atoms with Crippen LogP contribution < -0.4 is 5.56 Å². The van der Waals surface area contributed by atoms with Crippen molar-refractivity contribution in [1.82, 2.24) is 9.47 Å². The van der Waals surface area contributed by atoms with Gasteiger partial charge in [-0.2, -0.15) is 0 Å². The lowest BCUT2D eigenvalue weighted by Crippen LogP contribution is -2.50. The van der Waals surface area contributed by atoms with Gasteiger partial charge in [0.25, 0.3) is 5.56 Å². The summed E-state index contributed by atoms with van der Waals surface area (Å²) in [6, 6.07) is 2.15. The number of rotatable bonds is 2. The maximum atomic E-state index is 12.1. The van der Waals surface area contributed by atoms with Crippen molar-refractivity contribution in [1.29, 1.82) is 0 Å². The first-order valence-electron chi connectivity index (χ1n) is 6.47. The predicted molar refractivity (Wildman–Crippen MR) is 67.5 cm³/mol. The molecule has 0 saturated carbocycles. The van der Waals surface area contributed by atoms with Crippen molar-refractivity contribution in [3.05, 3.63) is 28.2 Å². The maximum absolute atomic E-state index is 12.1. The van der Waals surface area contributed by atoms with Gasteiger partial charge >= 0.3 is 5.97 Å². The summed E-state index contributed by atoms with van der Waals surface area (Å²) in [4.78, 5) is 25.6. The van der Waals surface area contributed by atoms with Crippen molar-refractivity contribution in [3.63, 3.8) is 0 Å². The molecule has 1 atom stereocenters. The molecule has 19 heavy (non-hydrogen) atoms. The fourth-order valence-corrected chi connectivity index (χ4v) is 3.30. The molecule has 6 heteroatoms. The predicted octanol–water partition coefficient (Wildman–Crippen LogP) is 0.519. The summed E-state index contributed by atoms with van der Waals surface area (Å²) >= 11 is 0. The van der Waals surface area contributed by atoms with Gasteiger partial charge in [0.2, 0.25) is 0 Å². The number of carboxylic acid groups (broad SMARTS) is 1. The number of carboxylic acids is 1. The summed E-state index contributed by atoms with van der Waals surface area (Å²) in [6.45, 7) is 2.77. The molecule has 1 unspecified atom stereocenters. The Balaban J connectivity index is 2.09. The summed E-state index contributed by atoms with van der Waals surface area (Å²) in [5, 5.41) is 18.6. The fourth-order valence-electron chi connectivity index (χ4n) is 3.30. The molecule has 3 aliphatic rings. The first kappa shape index (κ1) is 12.2. The standard InChI is InChI=1S/C13H16N2O4/c16-9-5-10(13(18)19)15(12(17)6-9)11-7-14-3-1-8(11)2-4-14/h5-6,8,11,16H,1-4,7H2,(H,18,19). The smallest absolute Gasteiger partial charge is 0.352 e. The molecule has 102 valence electrons. The lowest BCUT2D eigenvalue weighted by molar-refractivity contribution is 0.0489. The Morgan fingerprint density at radius 2 is 1.95 bits per heavy atom. The Morgan fingerprint density at radius 3 is 2.47 bits per heavy atom. The molecule has 0 radical (unpaired) electrons. The number of aromatic nitrogens is 1. The molecule has 0 spiro atoms. The molecule has 3 saturated heterocycles. The second-order valence-electron chi connectivity index (χ2n) is 5.32. The first-order chi connectivity index (χ1) is 9.06. The van der Waals surface area contributed by atoms with Crippen molar-refractivity contribution < 1.29 is 15.0 Å². The van der Waals surface area contributed by atoms with E-state index in [2.05, 4.69) is 4.90 Å². The van der Waals surface area contributed by atoms with Crippen LogP contribution in [0.4, 0.5) is 0 Å². The third-order valence-electron chi connectivity index (χ3n) is 4.23. The van der Waals surface area contributed by atoms with E-state index in [9.17, 15) is 19.8 Å². The van der Waals surface area contributed by atoms with E-state index < -0.39 is 11.5 Å². The van der Waals surface area contributed by atoms with Gasteiger partial charge in [0.1, 0.15) is 11.4 Å². The second-order valence-corrected chi connectivity index (χ2v) is 5.32. The number of hydrogen-bond donors (Lipinski definition) is 2. The number of aromatic hydroxyl groups is 1. The Hall–Kier alpha value is -1.82. The molecular formula is C13H16N2O4. The van der Waals surface area contributed by atoms with Crippen LogP contribution in [0.2, 0.25) is 0 Å². The number of fused-ring (bicyclic) bond motifs is 3. The molecule has 4 rings (SSSR count). The number of piperidine rings is 3. The zero-order chi connectivity index (χ0) is 13.6. The average Bonchev–Trinajstić information content (AvgIpc) is 2.39. The van der Waals surface area contributed by atoms with Crippen LogP contribution >= 0.6 is 0 Å². The van der Waals surface area contributed by atoms with Crippen LogP contribution in [0.25, 0.3) is 0 Å². The molecule has 1 aromatic heterocycles. The van der Waals surface area contributed by atoms with Crippen molar-refractivity contribution in [2.75, 3.05) is 19.6 Å². The summed E-state index contributed by atoms with van der Waals surface area (Å²) < 4.78 is 1.35. The summed E-state index contributed by atoms with van der Waals surface area (Å²) in [5.74, 6) is -1.12. The van der Waals surface area contributed by atoms with Crippen molar-refractivity contribution in [2.24, 2.45) is 5.92 Å². The third kappa shape index (κ3) is 2.02. The molecule has 3 fully saturated rings. The minimum Gasteiger partial charge on any atom is -0.508 e. The highest BCUT2D eigenvalue weighted by Gasteiger charge is 2.37. The van der Waals surface area contributed by atoms with Crippen LogP contribution in [0.15, 0.2) is 16.9 Å². The normalized spacial score (nSPS) is 29.4. The van der Waals surface area contributed by atoms with Crippen LogP contribution in [0.3, 0.4) is 0 Å². The molecular weight excluding hydrogens is 248 g/mol. The Bertz CT molecular complexity index is 572. The number of hydrogen-bond acceptors (Lipinski definition) is 4. The Kier molecular flexibility index (Phi) is 2.82. The number of aromatic carboxylic acids is 1. The number of pyridine rings is 1. The van der Waals surface area contributed by atoms with Crippen molar-refractivity contribution in [3.8, 4) is 5.75 Å². The van der Waals surface area contributed by atoms with Crippen molar-refractivity contribution >= 4 is 5.97 Å². The summed E-state index contributed by atoms with van der Waals surface area (Å²) in [5.41, 5.74) is -0.556. The largest absolute Gasteiger partial charge is 0.508 e. The third-order valence-corrected chi connectivity index (χ3v) is 4.23. The molecule has 4 heterocycles. The van der Waals surface area contributed by atoms with E-state index in [-0.39, 0.29) is 17.5 Å². The van der Waals surface area contributed by atoms with Crippen LogP contribution in [-0.4, -0.2) is 45.3 Å². The van der Waals surface area contributed by atoms with Gasteiger partial charge in [-0.25, -0.2) is 4.79 Å². The number of carbonyl (C=O) groups is 1. The van der Waals surface area contributed by atoms with Gasteiger partial charge in [0.15, 0.2) is 0 Å². The topological polar surface area (TPSA) is 82.8 Å². The fraction of sp³-hybridized carbons (Fsp3) is 0.538. The van der Waals surface area contributed by atoms with E-state index in [0.29, 0.717) is 5.92 Å². The first-order valence-corrected chi connectivity index (χ1v) is 6.47. The zero-order valence-corrected chi connectivity index (χ0v) is 10.5. The highest BCUT2D eigenvalue weighted by atomic mass is 16.4. The molecule has 2 bridgehead atoms. The van der Waals surface area contributed by atoms with E-state index >= 15 is 0 Å². The van der Waals surface area contributed by atoms with Gasteiger partial charge in [-0.3, -0.25) is 9.36 Å². The highest BCUT2D eigenvalue weighted by molar-refractivity contribution is 5.86. The van der Waals surface area contributed by atoms with E-state index in [0.717, 1.165) is 44.6 Å². The van der Waals surface area contributed by atoms with Gasteiger partial charge in [0, 0.05) is 18.7 Å². The quantitative estimate of drug-likeness (QED) is 0.813. The van der Waals surface area contributed by atoms with Crippen molar-refractivity contribution in [2.45, 2.75) is 18.9 Å². The van der Waals surface area contributed by atoms with Crippen LogP contribution in [0, 0.1) is 5.92 Å². The summed E-state index contributed by atoms with van der Waals surface area (Å²) in [6.07, 6.45) is 1.99. The van der Waals surface area contributed by atoms with Crippen LogP contribution in [0.5, 0.6) is 5.75 Å². The van der Waals surface area contributed by atoms with E-state index in [1.165, 1.54) is 4.57 Å². The maximum Gasteiger partial charge on any atom is 0.352 e. The molecule has 1 aromatic rings. The minimum absolute atomic E-state index is 0.0956. The second kappa shape index (κ2) is 4.38. The van der Waals surface area contributed by atoms with Gasteiger partial charge in [-0.05, 0) is 31.8 Å². The van der Waals surface area contributed by atoms with Crippen LogP contribution in [0.1, 0.15) is 29.4 Å². The van der Waals surface area contributed by atoms with Crippen LogP contribution in [-0.2, 0) is 0 Å². The number of nitrogens with zero attached hydrogens (tertiary/aromatic N) is 2. The SMILES string of the molecule is O=C(O)c1cc(O)cc(=O)n1C1CN2CCC1CC2. The molecule has 0 aromatic carbocycles. The zero-order valence-electron chi connectivity index (χ0n) is 10.5. The van der Waals surface area contributed by atoms with Gasteiger partial charge in [-0.1, -0.05) is 0 Å². The van der Waals surface area contributed by atoms with E-state index in [1.807, 2.05) is 0 Å². The lowest BCUT2D eigenvalue weighted by Gasteiger charge is -2.45. The Labute approximate surface area is 109 Å².